The van der Waals surface area contributed by atoms with Crippen LogP contribution in [-0.4, -0.2) is 30.2 Å². The summed E-state index contributed by atoms with van der Waals surface area (Å²) >= 11 is 0. The van der Waals surface area contributed by atoms with Gasteiger partial charge in [0.1, 0.15) is 17.9 Å². The minimum atomic E-state index is 0.812. The third-order valence-electron chi connectivity index (χ3n) is 3.49. The number of nitrogens with one attached hydrogen (secondary N) is 2. The van der Waals surface area contributed by atoms with E-state index in [2.05, 4.69) is 20.6 Å². The number of fused-ring (bicyclic) bond motifs is 1. The molecule has 0 spiro atoms. The zero-order chi connectivity index (χ0) is 13.8. The van der Waals surface area contributed by atoms with Gasteiger partial charge in [0.25, 0.3) is 0 Å². The first-order valence-corrected chi connectivity index (χ1v) is 6.82. The van der Waals surface area contributed by atoms with Crippen LogP contribution >= 0.6 is 0 Å². The van der Waals surface area contributed by atoms with Gasteiger partial charge < -0.3 is 15.4 Å². The number of hydrogen-bond acceptors (Lipinski definition) is 5. The zero-order valence-electron chi connectivity index (χ0n) is 11.5. The van der Waals surface area contributed by atoms with Crippen LogP contribution in [0.15, 0.2) is 30.6 Å². The maximum absolute atomic E-state index is 5.37. The lowest BCUT2D eigenvalue weighted by Gasteiger charge is -2.14. The Kier molecular flexibility index (Phi) is 3.78. The number of para-hydroxylation sites is 2. The Morgan fingerprint density at radius 3 is 2.90 bits per heavy atom. The first-order chi connectivity index (χ1) is 9.88. The molecule has 0 saturated carbocycles. The second-order valence-electron chi connectivity index (χ2n) is 4.72. The second kappa shape index (κ2) is 5.88. The molecule has 20 heavy (non-hydrogen) atoms. The van der Waals surface area contributed by atoms with Crippen LogP contribution in [0, 0.1) is 0 Å². The summed E-state index contributed by atoms with van der Waals surface area (Å²) in [6.45, 7) is 1.93. The SMILES string of the molecule is COc1ccccc1Nc1ncnc2c1CCNCC2. The molecule has 2 aromatic rings. The maximum Gasteiger partial charge on any atom is 0.142 e. The molecular weight excluding hydrogens is 252 g/mol. The molecule has 0 amide bonds. The highest BCUT2D eigenvalue weighted by Gasteiger charge is 2.15. The van der Waals surface area contributed by atoms with Crippen LogP contribution in [0.2, 0.25) is 0 Å². The Hall–Kier alpha value is -2.14. The number of anilines is 2. The molecule has 0 fully saturated rings. The Morgan fingerprint density at radius 2 is 2.00 bits per heavy atom. The van der Waals surface area contributed by atoms with Gasteiger partial charge in [0.2, 0.25) is 0 Å². The molecule has 1 aliphatic heterocycles. The van der Waals surface area contributed by atoms with Crippen LogP contribution in [0.4, 0.5) is 11.5 Å². The van der Waals surface area contributed by atoms with E-state index in [9.17, 15) is 0 Å². The molecule has 5 heteroatoms. The van der Waals surface area contributed by atoms with Gasteiger partial charge in [-0.15, -0.1) is 0 Å². The predicted octanol–water partition coefficient (Wildman–Crippen LogP) is 1.92. The molecule has 1 aliphatic rings. The topological polar surface area (TPSA) is 59.1 Å². The van der Waals surface area contributed by atoms with Gasteiger partial charge >= 0.3 is 0 Å². The number of rotatable bonds is 3. The largest absolute Gasteiger partial charge is 0.495 e. The second-order valence-corrected chi connectivity index (χ2v) is 4.72. The van der Waals surface area contributed by atoms with E-state index in [0.717, 1.165) is 48.9 Å². The van der Waals surface area contributed by atoms with Crippen molar-refractivity contribution in [2.75, 3.05) is 25.5 Å². The monoisotopic (exact) mass is 270 g/mol. The zero-order valence-corrected chi connectivity index (χ0v) is 11.5. The summed E-state index contributed by atoms with van der Waals surface area (Å²) in [4.78, 5) is 8.80. The number of aromatic nitrogens is 2. The van der Waals surface area contributed by atoms with Crippen molar-refractivity contribution in [2.24, 2.45) is 0 Å². The molecule has 0 bridgehead atoms. The van der Waals surface area contributed by atoms with Crippen molar-refractivity contribution in [3.8, 4) is 5.75 Å². The predicted molar refractivity (Wildman–Crippen MR) is 78.6 cm³/mol. The number of benzene rings is 1. The summed E-state index contributed by atoms with van der Waals surface area (Å²) in [6.07, 6.45) is 3.51. The summed E-state index contributed by atoms with van der Waals surface area (Å²) in [6, 6.07) is 7.85. The quantitative estimate of drug-likeness (QED) is 0.892. The first kappa shape index (κ1) is 12.9. The smallest absolute Gasteiger partial charge is 0.142 e. The molecule has 2 N–H and O–H groups in total. The van der Waals surface area contributed by atoms with E-state index in [1.165, 1.54) is 5.56 Å². The number of ether oxygens (including phenoxy) is 1. The lowest BCUT2D eigenvalue weighted by atomic mass is 10.1. The highest BCUT2D eigenvalue weighted by molar-refractivity contribution is 5.66. The van der Waals surface area contributed by atoms with E-state index in [4.69, 9.17) is 4.74 Å². The number of hydrogen-bond donors (Lipinski definition) is 2. The molecule has 1 aromatic carbocycles. The van der Waals surface area contributed by atoms with Crippen LogP contribution in [0.5, 0.6) is 5.75 Å². The minimum Gasteiger partial charge on any atom is -0.495 e. The van der Waals surface area contributed by atoms with E-state index in [1.54, 1.807) is 13.4 Å². The van der Waals surface area contributed by atoms with Crippen molar-refractivity contribution in [3.63, 3.8) is 0 Å². The van der Waals surface area contributed by atoms with Crippen molar-refractivity contribution in [2.45, 2.75) is 12.8 Å². The van der Waals surface area contributed by atoms with Crippen molar-refractivity contribution < 1.29 is 4.74 Å². The summed E-state index contributed by atoms with van der Waals surface area (Å²) in [5, 5.41) is 6.76. The van der Waals surface area contributed by atoms with Crippen molar-refractivity contribution >= 4 is 11.5 Å². The molecule has 1 aromatic heterocycles. The minimum absolute atomic E-state index is 0.812. The van der Waals surface area contributed by atoms with Gasteiger partial charge in [-0.2, -0.15) is 0 Å². The van der Waals surface area contributed by atoms with E-state index in [0.29, 0.717) is 0 Å². The van der Waals surface area contributed by atoms with Gasteiger partial charge in [-0.1, -0.05) is 12.1 Å². The molecule has 104 valence electrons. The molecule has 0 radical (unpaired) electrons. The molecule has 0 aliphatic carbocycles. The van der Waals surface area contributed by atoms with Gasteiger partial charge in [0.15, 0.2) is 0 Å². The lowest BCUT2D eigenvalue weighted by molar-refractivity contribution is 0.417. The Bertz CT molecular complexity index is 600. The first-order valence-electron chi connectivity index (χ1n) is 6.82. The summed E-state index contributed by atoms with van der Waals surface area (Å²) < 4.78 is 5.37. The molecule has 2 heterocycles. The van der Waals surface area contributed by atoms with Gasteiger partial charge in [0, 0.05) is 18.5 Å². The maximum atomic E-state index is 5.37. The molecule has 0 unspecified atom stereocenters. The van der Waals surface area contributed by atoms with Gasteiger partial charge in [-0.05, 0) is 25.1 Å². The summed E-state index contributed by atoms with van der Waals surface area (Å²) in [5.74, 6) is 1.69. The number of methoxy groups -OCH3 is 1. The summed E-state index contributed by atoms with van der Waals surface area (Å²) in [5.41, 5.74) is 3.25. The highest BCUT2D eigenvalue weighted by atomic mass is 16.5. The fraction of sp³-hybridized carbons (Fsp3) is 0.333. The van der Waals surface area contributed by atoms with Crippen LogP contribution in [-0.2, 0) is 12.8 Å². The average molecular weight is 270 g/mol. The van der Waals surface area contributed by atoms with Crippen LogP contribution in [0.3, 0.4) is 0 Å². The van der Waals surface area contributed by atoms with E-state index in [1.807, 2.05) is 24.3 Å². The lowest BCUT2D eigenvalue weighted by Crippen LogP contribution is -2.16. The third-order valence-corrected chi connectivity index (χ3v) is 3.49. The van der Waals surface area contributed by atoms with Crippen molar-refractivity contribution in [1.82, 2.24) is 15.3 Å². The van der Waals surface area contributed by atoms with E-state index >= 15 is 0 Å². The normalized spacial score (nSPS) is 14.2. The van der Waals surface area contributed by atoms with Crippen LogP contribution < -0.4 is 15.4 Å². The fourth-order valence-corrected chi connectivity index (χ4v) is 2.46. The standard InChI is InChI=1S/C15H18N4O/c1-20-14-5-3-2-4-13(14)19-15-11-6-8-16-9-7-12(11)17-10-18-15/h2-5,10,16H,6-9H2,1H3,(H,17,18,19). The van der Waals surface area contributed by atoms with Crippen LogP contribution in [0.25, 0.3) is 0 Å². The van der Waals surface area contributed by atoms with Gasteiger partial charge in [-0.3, -0.25) is 0 Å². The van der Waals surface area contributed by atoms with Gasteiger partial charge in [0.05, 0.1) is 18.5 Å². The molecular formula is C15H18N4O. The summed E-state index contributed by atoms with van der Waals surface area (Å²) in [7, 11) is 1.67. The Balaban J connectivity index is 1.95. The Labute approximate surface area is 118 Å². The van der Waals surface area contributed by atoms with Gasteiger partial charge in [-0.25, -0.2) is 9.97 Å². The molecule has 0 atom stereocenters. The molecule has 5 nitrogen and oxygen atoms in total. The third kappa shape index (κ3) is 2.58. The Morgan fingerprint density at radius 1 is 1.15 bits per heavy atom. The number of nitrogens with zero attached hydrogens (tertiary/aromatic N) is 2. The van der Waals surface area contributed by atoms with Crippen molar-refractivity contribution in [1.29, 1.82) is 0 Å². The van der Waals surface area contributed by atoms with E-state index < -0.39 is 0 Å². The highest BCUT2D eigenvalue weighted by Crippen LogP contribution is 2.28. The molecule has 0 saturated heterocycles. The van der Waals surface area contributed by atoms with E-state index in [-0.39, 0.29) is 0 Å². The van der Waals surface area contributed by atoms with Crippen molar-refractivity contribution in [3.05, 3.63) is 41.9 Å². The average Bonchev–Trinajstić information content (AvgIpc) is 2.74. The molecule has 3 rings (SSSR count). The van der Waals surface area contributed by atoms with Crippen LogP contribution in [0.1, 0.15) is 11.3 Å². The fourth-order valence-electron chi connectivity index (χ4n) is 2.46.